The molecule has 0 bridgehead atoms. The minimum Gasteiger partial charge on any atom is -0.394 e. The number of aliphatic hydroxyl groups excluding tert-OH is 2. The average molecular weight is 244 g/mol. The molecular weight excluding hydrogens is 220 g/mol. The van der Waals surface area contributed by atoms with E-state index in [0.717, 1.165) is 19.3 Å². The Morgan fingerprint density at radius 3 is 2.53 bits per heavy atom. The molecule has 0 aliphatic heterocycles. The summed E-state index contributed by atoms with van der Waals surface area (Å²) < 4.78 is 0. The zero-order valence-corrected chi connectivity index (χ0v) is 10.5. The summed E-state index contributed by atoms with van der Waals surface area (Å²) in [6, 6.07) is 0.0961. The van der Waals surface area contributed by atoms with Gasteiger partial charge >= 0.3 is 0 Å². The van der Waals surface area contributed by atoms with Crippen molar-refractivity contribution in [1.82, 2.24) is 5.32 Å². The molecule has 0 aromatic rings. The molecule has 0 heterocycles. The van der Waals surface area contributed by atoms with Gasteiger partial charge in [0.25, 0.3) is 0 Å². The third-order valence-corrected chi connectivity index (χ3v) is 3.76. The van der Waals surface area contributed by atoms with Gasteiger partial charge < -0.3 is 21.3 Å². The molecule has 5 heteroatoms. The number of hydrogen-bond acceptors (Lipinski definition) is 4. The van der Waals surface area contributed by atoms with Gasteiger partial charge in [0.15, 0.2) is 0 Å². The van der Waals surface area contributed by atoms with Crippen molar-refractivity contribution in [2.75, 3.05) is 13.2 Å². The molecule has 0 aromatic carbocycles. The molecular formula is C12H24N2O3. The first-order valence-corrected chi connectivity index (χ1v) is 6.36. The van der Waals surface area contributed by atoms with Gasteiger partial charge in [0, 0.05) is 12.0 Å². The standard InChI is InChI=1S/C12H24N2O3/c1-2-12(7-15,8-16)14-11(17)9-4-3-5-10(13)6-9/h9-10,15-16H,2-8,13H2,1H3,(H,14,17). The van der Waals surface area contributed by atoms with Gasteiger partial charge in [-0.15, -0.1) is 0 Å². The summed E-state index contributed by atoms with van der Waals surface area (Å²) in [5.74, 6) is -0.173. The minimum absolute atomic E-state index is 0.0808. The van der Waals surface area contributed by atoms with E-state index < -0.39 is 5.54 Å². The number of hydrogen-bond donors (Lipinski definition) is 4. The second-order valence-corrected chi connectivity index (χ2v) is 5.06. The maximum absolute atomic E-state index is 12.0. The van der Waals surface area contributed by atoms with Crippen LogP contribution in [0, 0.1) is 5.92 Å². The first kappa shape index (κ1) is 14.4. The molecule has 0 radical (unpaired) electrons. The van der Waals surface area contributed by atoms with Crippen molar-refractivity contribution in [2.45, 2.75) is 50.6 Å². The molecule has 0 spiro atoms. The molecule has 1 aliphatic rings. The SMILES string of the molecule is CCC(CO)(CO)NC(=O)C1CCCC(N)C1. The predicted molar refractivity (Wildman–Crippen MR) is 65.3 cm³/mol. The van der Waals surface area contributed by atoms with E-state index in [4.69, 9.17) is 5.73 Å². The van der Waals surface area contributed by atoms with E-state index in [1.807, 2.05) is 6.92 Å². The third-order valence-electron chi connectivity index (χ3n) is 3.76. The Morgan fingerprint density at radius 2 is 2.06 bits per heavy atom. The molecule has 2 unspecified atom stereocenters. The normalized spacial score (nSPS) is 25.6. The van der Waals surface area contributed by atoms with Crippen molar-refractivity contribution in [3.05, 3.63) is 0 Å². The molecule has 1 rings (SSSR count). The fraction of sp³-hybridized carbons (Fsp3) is 0.917. The van der Waals surface area contributed by atoms with Crippen LogP contribution < -0.4 is 11.1 Å². The van der Waals surface area contributed by atoms with E-state index in [0.29, 0.717) is 12.8 Å². The van der Waals surface area contributed by atoms with Gasteiger partial charge in [-0.2, -0.15) is 0 Å². The van der Waals surface area contributed by atoms with Crippen LogP contribution in [0.5, 0.6) is 0 Å². The molecule has 17 heavy (non-hydrogen) atoms. The molecule has 1 aliphatic carbocycles. The number of carbonyl (C=O) groups is 1. The van der Waals surface area contributed by atoms with Crippen LogP contribution in [-0.2, 0) is 4.79 Å². The fourth-order valence-corrected chi connectivity index (χ4v) is 2.27. The van der Waals surface area contributed by atoms with E-state index in [1.165, 1.54) is 0 Å². The van der Waals surface area contributed by atoms with Gasteiger partial charge in [-0.3, -0.25) is 4.79 Å². The lowest BCUT2D eigenvalue weighted by Crippen LogP contribution is -2.56. The first-order chi connectivity index (χ1) is 8.06. The molecule has 1 fully saturated rings. The van der Waals surface area contributed by atoms with Crippen molar-refractivity contribution < 1.29 is 15.0 Å². The number of carbonyl (C=O) groups excluding carboxylic acids is 1. The van der Waals surface area contributed by atoms with Crippen LogP contribution >= 0.6 is 0 Å². The largest absolute Gasteiger partial charge is 0.394 e. The Labute approximate surface area is 102 Å². The Balaban J connectivity index is 2.57. The highest BCUT2D eigenvalue weighted by Crippen LogP contribution is 2.24. The molecule has 0 saturated heterocycles. The lowest BCUT2D eigenvalue weighted by Gasteiger charge is -2.33. The van der Waals surface area contributed by atoms with Gasteiger partial charge in [0.2, 0.25) is 5.91 Å². The van der Waals surface area contributed by atoms with Crippen LogP contribution in [0.4, 0.5) is 0 Å². The molecule has 5 N–H and O–H groups in total. The monoisotopic (exact) mass is 244 g/mol. The molecule has 5 nitrogen and oxygen atoms in total. The average Bonchev–Trinajstić information content (AvgIpc) is 2.36. The lowest BCUT2D eigenvalue weighted by molar-refractivity contribution is -0.129. The lowest BCUT2D eigenvalue weighted by atomic mass is 9.84. The molecule has 2 atom stereocenters. The van der Waals surface area contributed by atoms with Crippen LogP contribution in [-0.4, -0.2) is 40.9 Å². The van der Waals surface area contributed by atoms with E-state index in [1.54, 1.807) is 0 Å². The summed E-state index contributed by atoms with van der Waals surface area (Å²) >= 11 is 0. The summed E-state index contributed by atoms with van der Waals surface area (Å²) in [5.41, 5.74) is 4.96. The molecule has 100 valence electrons. The molecule has 1 amide bonds. The Hall–Kier alpha value is -0.650. The zero-order valence-electron chi connectivity index (χ0n) is 10.5. The van der Waals surface area contributed by atoms with Gasteiger partial charge in [-0.05, 0) is 25.7 Å². The van der Waals surface area contributed by atoms with Gasteiger partial charge in [0.05, 0.1) is 18.8 Å². The highest BCUT2D eigenvalue weighted by Gasteiger charge is 2.33. The summed E-state index contributed by atoms with van der Waals surface area (Å²) in [6.07, 6.45) is 3.99. The number of aliphatic hydroxyl groups is 2. The third kappa shape index (κ3) is 3.66. The summed E-state index contributed by atoms with van der Waals surface area (Å²) in [5, 5.41) is 21.3. The fourth-order valence-electron chi connectivity index (χ4n) is 2.27. The first-order valence-electron chi connectivity index (χ1n) is 6.36. The quantitative estimate of drug-likeness (QED) is 0.536. The summed E-state index contributed by atoms with van der Waals surface area (Å²) in [6.45, 7) is 1.34. The zero-order chi connectivity index (χ0) is 12.9. The maximum atomic E-state index is 12.0. The van der Waals surface area contributed by atoms with Crippen molar-refractivity contribution in [3.8, 4) is 0 Å². The molecule has 0 aromatic heterocycles. The summed E-state index contributed by atoms with van der Waals surface area (Å²) in [4.78, 5) is 12.0. The number of nitrogens with one attached hydrogen (secondary N) is 1. The van der Waals surface area contributed by atoms with Gasteiger partial charge in [-0.1, -0.05) is 13.3 Å². The van der Waals surface area contributed by atoms with E-state index >= 15 is 0 Å². The van der Waals surface area contributed by atoms with Crippen molar-refractivity contribution >= 4 is 5.91 Å². The van der Waals surface area contributed by atoms with Gasteiger partial charge in [-0.25, -0.2) is 0 Å². The number of amides is 1. The predicted octanol–water partition coefficient (Wildman–Crippen LogP) is -0.246. The van der Waals surface area contributed by atoms with E-state index in [-0.39, 0.29) is 31.1 Å². The Kier molecular flexibility index (Phi) is 5.36. The number of rotatable bonds is 5. The Bertz CT molecular complexity index is 246. The van der Waals surface area contributed by atoms with E-state index in [9.17, 15) is 15.0 Å². The maximum Gasteiger partial charge on any atom is 0.223 e. The topological polar surface area (TPSA) is 95.6 Å². The second kappa shape index (κ2) is 6.33. The van der Waals surface area contributed by atoms with Crippen LogP contribution in [0.1, 0.15) is 39.0 Å². The minimum atomic E-state index is -0.890. The van der Waals surface area contributed by atoms with Crippen molar-refractivity contribution in [2.24, 2.45) is 11.7 Å². The van der Waals surface area contributed by atoms with Crippen molar-refractivity contribution in [3.63, 3.8) is 0 Å². The van der Waals surface area contributed by atoms with Gasteiger partial charge in [0.1, 0.15) is 0 Å². The van der Waals surface area contributed by atoms with Crippen LogP contribution in [0.15, 0.2) is 0 Å². The highest BCUT2D eigenvalue weighted by atomic mass is 16.3. The highest BCUT2D eigenvalue weighted by molar-refractivity contribution is 5.79. The summed E-state index contributed by atoms with van der Waals surface area (Å²) in [7, 11) is 0. The smallest absolute Gasteiger partial charge is 0.223 e. The van der Waals surface area contributed by atoms with Crippen molar-refractivity contribution in [1.29, 1.82) is 0 Å². The second-order valence-electron chi connectivity index (χ2n) is 5.06. The van der Waals surface area contributed by atoms with E-state index in [2.05, 4.69) is 5.32 Å². The Morgan fingerprint density at radius 1 is 1.41 bits per heavy atom. The van der Waals surface area contributed by atoms with Crippen LogP contribution in [0.25, 0.3) is 0 Å². The van der Waals surface area contributed by atoms with Crippen LogP contribution in [0.2, 0.25) is 0 Å². The number of nitrogens with two attached hydrogens (primary N) is 1. The molecule has 1 saturated carbocycles. The van der Waals surface area contributed by atoms with Crippen LogP contribution in [0.3, 0.4) is 0 Å².